The monoisotopic (exact) mass is 288 g/mol. The van der Waals surface area contributed by atoms with Crippen molar-refractivity contribution in [2.45, 2.75) is 25.6 Å². The van der Waals surface area contributed by atoms with Gasteiger partial charge in [-0.2, -0.15) is 13.1 Å². The molecule has 3 unspecified atom stereocenters. The Morgan fingerprint density at radius 2 is 2.00 bits per heavy atom. The zero-order valence-electron chi connectivity index (χ0n) is 10.6. The fourth-order valence-electron chi connectivity index (χ4n) is 1.80. The van der Waals surface area contributed by atoms with Gasteiger partial charge in [0, 0.05) is 18.3 Å². The first-order valence-electron chi connectivity index (χ1n) is 5.70. The Morgan fingerprint density at radius 3 is 2.63 bits per heavy atom. The van der Waals surface area contributed by atoms with Crippen LogP contribution < -0.4 is 10.5 Å². The molecule has 0 radical (unpaired) electrons. The van der Waals surface area contributed by atoms with Crippen LogP contribution in [-0.4, -0.2) is 28.0 Å². The molecule has 0 saturated carbocycles. The van der Waals surface area contributed by atoms with E-state index in [0.717, 1.165) is 0 Å². The topological polar surface area (TPSA) is 99.9 Å². The van der Waals surface area contributed by atoms with E-state index in [0.29, 0.717) is 11.3 Å². The highest BCUT2D eigenvalue weighted by Gasteiger charge is 2.39. The van der Waals surface area contributed by atoms with Gasteiger partial charge in [-0.1, -0.05) is 18.2 Å². The number of hydrogen-bond donors (Lipinski definition) is 2. The van der Waals surface area contributed by atoms with Crippen molar-refractivity contribution in [3.63, 3.8) is 0 Å². The fourth-order valence-corrected chi connectivity index (χ4v) is 2.29. The minimum atomic E-state index is -3.88. The van der Waals surface area contributed by atoms with E-state index in [1.807, 2.05) is 0 Å². The summed E-state index contributed by atoms with van der Waals surface area (Å²) in [4.78, 5) is 0. The first-order valence-corrected chi connectivity index (χ1v) is 7.11. The van der Waals surface area contributed by atoms with Crippen molar-refractivity contribution < 1.29 is 22.1 Å². The van der Waals surface area contributed by atoms with Crippen molar-refractivity contribution in [1.82, 2.24) is 4.72 Å². The lowest BCUT2D eigenvalue weighted by Crippen LogP contribution is -2.30. The molecule has 0 aliphatic carbocycles. The van der Waals surface area contributed by atoms with Crippen LogP contribution in [0.2, 0.25) is 0 Å². The third-order valence-electron chi connectivity index (χ3n) is 2.69. The Labute approximate surface area is 111 Å². The van der Waals surface area contributed by atoms with Crippen LogP contribution in [0.25, 0.3) is 0 Å². The molecular weight excluding hydrogens is 272 g/mol. The summed E-state index contributed by atoms with van der Waals surface area (Å²) >= 11 is 0. The number of anilines is 1. The molecule has 1 aromatic rings. The molecule has 1 saturated heterocycles. The third-order valence-corrected chi connectivity index (χ3v) is 3.63. The Bertz CT molecular complexity index is 548. The highest BCUT2D eigenvalue weighted by atomic mass is 32.2. The molecule has 0 spiro atoms. The molecule has 0 aromatic heterocycles. The van der Waals surface area contributed by atoms with Crippen LogP contribution in [-0.2, 0) is 24.0 Å². The SMILES string of the molecule is CNS(=O)(=O)OC1OC(C)OC1c1ccccc1N. The van der Waals surface area contributed by atoms with Gasteiger partial charge in [0.1, 0.15) is 6.10 Å². The molecule has 19 heavy (non-hydrogen) atoms. The predicted molar refractivity (Wildman–Crippen MR) is 68.1 cm³/mol. The van der Waals surface area contributed by atoms with Crippen molar-refractivity contribution in [1.29, 1.82) is 0 Å². The summed E-state index contributed by atoms with van der Waals surface area (Å²) in [7, 11) is -2.63. The first-order chi connectivity index (χ1) is 8.93. The second kappa shape index (κ2) is 5.43. The van der Waals surface area contributed by atoms with Crippen LogP contribution in [0.1, 0.15) is 18.6 Å². The summed E-state index contributed by atoms with van der Waals surface area (Å²) in [6, 6.07) is 7.00. The van der Waals surface area contributed by atoms with Crippen LogP contribution in [0, 0.1) is 0 Å². The van der Waals surface area contributed by atoms with Gasteiger partial charge < -0.3 is 15.2 Å². The van der Waals surface area contributed by atoms with Crippen molar-refractivity contribution in [2.24, 2.45) is 0 Å². The Morgan fingerprint density at radius 1 is 1.32 bits per heavy atom. The molecule has 1 heterocycles. The summed E-state index contributed by atoms with van der Waals surface area (Å²) in [5.74, 6) is 0. The second-order valence-corrected chi connectivity index (χ2v) is 5.52. The van der Waals surface area contributed by atoms with Gasteiger partial charge in [-0.15, -0.1) is 0 Å². The standard InChI is InChI=1S/C11H16N2O5S/c1-7-16-10(8-5-3-4-6-9(8)12)11(17-7)18-19(14,15)13-2/h3-7,10-11,13H,12H2,1-2H3. The molecule has 8 heteroatoms. The molecule has 1 aliphatic heterocycles. The molecule has 0 amide bonds. The quantitative estimate of drug-likeness (QED) is 0.783. The lowest BCUT2D eigenvalue weighted by atomic mass is 10.1. The van der Waals surface area contributed by atoms with Gasteiger partial charge >= 0.3 is 10.3 Å². The molecule has 2 rings (SSSR count). The van der Waals surface area contributed by atoms with Crippen molar-refractivity contribution >= 4 is 16.0 Å². The van der Waals surface area contributed by atoms with Gasteiger partial charge in [-0.3, -0.25) is 0 Å². The number of ether oxygens (including phenoxy) is 2. The van der Waals surface area contributed by atoms with Crippen molar-refractivity contribution in [3.05, 3.63) is 29.8 Å². The molecule has 1 aliphatic rings. The number of nitrogen functional groups attached to an aromatic ring is 1. The number of rotatable bonds is 4. The van der Waals surface area contributed by atoms with Crippen LogP contribution in [0.3, 0.4) is 0 Å². The minimum Gasteiger partial charge on any atom is -0.398 e. The summed E-state index contributed by atoms with van der Waals surface area (Å²) < 4.78 is 40.6. The molecular formula is C11H16N2O5S. The zero-order valence-corrected chi connectivity index (χ0v) is 11.4. The Hall–Kier alpha value is -1.19. The van der Waals surface area contributed by atoms with Crippen LogP contribution >= 0.6 is 0 Å². The van der Waals surface area contributed by atoms with Gasteiger partial charge in [0.15, 0.2) is 6.29 Å². The van der Waals surface area contributed by atoms with E-state index in [9.17, 15) is 8.42 Å². The van der Waals surface area contributed by atoms with E-state index >= 15 is 0 Å². The largest absolute Gasteiger partial charge is 0.398 e. The molecule has 1 fully saturated rings. The van der Waals surface area contributed by atoms with E-state index in [-0.39, 0.29) is 0 Å². The average Bonchev–Trinajstić information content (AvgIpc) is 2.70. The number of para-hydroxylation sites is 1. The van der Waals surface area contributed by atoms with Gasteiger partial charge in [0.25, 0.3) is 0 Å². The first kappa shape index (κ1) is 14.2. The average molecular weight is 288 g/mol. The highest BCUT2D eigenvalue weighted by molar-refractivity contribution is 7.84. The second-order valence-electron chi connectivity index (χ2n) is 4.01. The van der Waals surface area contributed by atoms with Gasteiger partial charge in [0.05, 0.1) is 0 Å². The summed E-state index contributed by atoms with van der Waals surface area (Å²) in [6.07, 6.45) is -2.35. The van der Waals surface area contributed by atoms with Gasteiger partial charge in [0.2, 0.25) is 6.29 Å². The minimum absolute atomic E-state index is 0.487. The zero-order chi connectivity index (χ0) is 14.0. The predicted octanol–water partition coefficient (Wildman–Crippen LogP) is 0.510. The van der Waals surface area contributed by atoms with E-state index in [1.165, 1.54) is 7.05 Å². The fraction of sp³-hybridized carbons (Fsp3) is 0.455. The van der Waals surface area contributed by atoms with Crippen LogP contribution in [0.5, 0.6) is 0 Å². The Kier molecular flexibility index (Phi) is 4.07. The highest BCUT2D eigenvalue weighted by Crippen LogP contribution is 2.36. The molecule has 3 N–H and O–H groups in total. The van der Waals surface area contributed by atoms with E-state index in [1.54, 1.807) is 31.2 Å². The lowest BCUT2D eigenvalue weighted by molar-refractivity contribution is -0.0908. The summed E-state index contributed by atoms with van der Waals surface area (Å²) in [5, 5.41) is 0. The van der Waals surface area contributed by atoms with E-state index in [2.05, 4.69) is 4.72 Å². The van der Waals surface area contributed by atoms with Gasteiger partial charge in [-0.25, -0.2) is 4.18 Å². The van der Waals surface area contributed by atoms with Gasteiger partial charge in [-0.05, 0) is 13.0 Å². The maximum atomic E-state index is 11.4. The molecule has 0 bridgehead atoms. The summed E-state index contributed by atoms with van der Waals surface area (Å²) in [6.45, 7) is 1.65. The van der Waals surface area contributed by atoms with Crippen molar-refractivity contribution in [3.8, 4) is 0 Å². The maximum Gasteiger partial charge on any atom is 0.338 e. The van der Waals surface area contributed by atoms with E-state index < -0.39 is 29.0 Å². The number of nitrogens with two attached hydrogens (primary N) is 1. The normalized spacial score (nSPS) is 27.6. The number of hydrogen-bond acceptors (Lipinski definition) is 6. The number of nitrogens with one attached hydrogen (secondary N) is 1. The third kappa shape index (κ3) is 3.23. The smallest absolute Gasteiger partial charge is 0.338 e. The van der Waals surface area contributed by atoms with Crippen LogP contribution in [0.4, 0.5) is 5.69 Å². The number of benzene rings is 1. The molecule has 3 atom stereocenters. The lowest BCUT2D eigenvalue weighted by Gasteiger charge is -2.18. The van der Waals surface area contributed by atoms with Crippen molar-refractivity contribution in [2.75, 3.05) is 12.8 Å². The maximum absolute atomic E-state index is 11.4. The Balaban J connectivity index is 2.26. The molecule has 106 valence electrons. The summed E-state index contributed by atoms with van der Waals surface area (Å²) in [5.41, 5.74) is 6.96. The van der Waals surface area contributed by atoms with E-state index in [4.69, 9.17) is 19.4 Å². The molecule has 1 aromatic carbocycles. The van der Waals surface area contributed by atoms with Crippen LogP contribution in [0.15, 0.2) is 24.3 Å². The molecule has 7 nitrogen and oxygen atoms in total.